The predicted molar refractivity (Wildman–Crippen MR) is 139 cm³/mol. The Kier molecular flexibility index (Phi) is 7.95. The van der Waals surface area contributed by atoms with Crippen molar-refractivity contribution in [2.24, 2.45) is 5.14 Å². The van der Waals surface area contributed by atoms with E-state index >= 15 is 0 Å². The monoisotopic (exact) mass is 560 g/mol. The van der Waals surface area contributed by atoms with Gasteiger partial charge in [-0.15, -0.1) is 0 Å². The van der Waals surface area contributed by atoms with Gasteiger partial charge in [0.2, 0.25) is 15.9 Å². The molecule has 2 aliphatic rings. The molecule has 0 spiro atoms. The van der Waals surface area contributed by atoms with Crippen molar-refractivity contribution in [3.63, 3.8) is 0 Å². The average molecular weight is 561 g/mol. The van der Waals surface area contributed by atoms with E-state index in [0.717, 1.165) is 42.2 Å². The third-order valence-corrected chi connectivity index (χ3v) is 7.88. The Hall–Kier alpha value is -3.61. The van der Waals surface area contributed by atoms with Gasteiger partial charge in [0.25, 0.3) is 17.5 Å². The van der Waals surface area contributed by atoms with Crippen molar-refractivity contribution in [3.05, 3.63) is 74.8 Å². The number of amides is 3. The number of nitrogens with zero attached hydrogens (tertiary/aromatic N) is 3. The molecule has 1 heterocycles. The highest BCUT2D eigenvalue weighted by atomic mass is 35.5. The second kappa shape index (κ2) is 11.0. The van der Waals surface area contributed by atoms with Gasteiger partial charge in [-0.2, -0.15) is 0 Å². The number of benzene rings is 2. The number of carbonyl (C=O) groups is 3. The summed E-state index contributed by atoms with van der Waals surface area (Å²) in [5, 5.41) is 16.4. The molecule has 1 aliphatic heterocycles. The predicted octanol–water partition coefficient (Wildman–Crippen LogP) is 3.56. The van der Waals surface area contributed by atoms with Crippen LogP contribution in [0.4, 0.5) is 11.4 Å². The Morgan fingerprint density at radius 1 is 1.16 bits per heavy atom. The maximum Gasteiger partial charge on any atom is 0.288 e. The standard InChI is InChI=1S/C25H25ClN4O7S/c26-20-11-6-17(14-21(20)30(34)35)24(32)28(13-12-16-4-2-1-3-5-16)22-15-23(31)29(25(22)33)18-7-9-19(10-8-18)38(27,36)37/h4,6-11,14,22H,1-3,5,12-13,15H2,(H2,27,36,37). The van der Waals surface area contributed by atoms with Gasteiger partial charge in [-0.25, -0.2) is 18.5 Å². The van der Waals surface area contributed by atoms with Crippen molar-refractivity contribution >= 4 is 50.7 Å². The largest absolute Gasteiger partial charge is 0.326 e. The number of rotatable bonds is 8. The lowest BCUT2D eigenvalue weighted by Crippen LogP contribution is -2.46. The average Bonchev–Trinajstić information content (AvgIpc) is 3.17. The minimum atomic E-state index is -3.97. The topological polar surface area (TPSA) is 161 Å². The number of carbonyl (C=O) groups excluding carboxylic acids is 3. The first-order chi connectivity index (χ1) is 18.0. The second-order valence-electron chi connectivity index (χ2n) is 9.11. The Morgan fingerprint density at radius 3 is 2.47 bits per heavy atom. The van der Waals surface area contributed by atoms with Gasteiger partial charge in [-0.3, -0.25) is 24.5 Å². The molecule has 11 nitrogen and oxygen atoms in total. The molecule has 200 valence electrons. The van der Waals surface area contributed by atoms with Gasteiger partial charge in [-0.1, -0.05) is 23.3 Å². The van der Waals surface area contributed by atoms with Gasteiger partial charge >= 0.3 is 0 Å². The first kappa shape index (κ1) is 27.4. The number of nitro benzene ring substituents is 1. The molecule has 0 saturated carbocycles. The van der Waals surface area contributed by atoms with Gasteiger partial charge in [0.1, 0.15) is 11.1 Å². The highest BCUT2D eigenvalue weighted by Gasteiger charge is 2.44. The maximum absolute atomic E-state index is 13.6. The summed E-state index contributed by atoms with van der Waals surface area (Å²) in [7, 11) is -3.97. The molecule has 0 radical (unpaired) electrons. The lowest BCUT2D eigenvalue weighted by Gasteiger charge is -2.28. The number of anilines is 1. The number of sulfonamides is 1. The number of allylic oxidation sites excluding steroid dienone is 1. The van der Waals surface area contributed by atoms with Crippen molar-refractivity contribution in [1.29, 1.82) is 0 Å². The van der Waals surface area contributed by atoms with Crippen LogP contribution < -0.4 is 10.0 Å². The molecule has 0 bridgehead atoms. The van der Waals surface area contributed by atoms with Crippen LogP contribution in [-0.2, 0) is 19.6 Å². The zero-order chi connectivity index (χ0) is 27.6. The Balaban J connectivity index is 1.65. The van der Waals surface area contributed by atoms with Crippen molar-refractivity contribution in [2.45, 2.75) is 49.5 Å². The van der Waals surface area contributed by atoms with Crippen LogP contribution >= 0.6 is 11.6 Å². The molecule has 38 heavy (non-hydrogen) atoms. The summed E-state index contributed by atoms with van der Waals surface area (Å²) in [5.41, 5.74) is 0.801. The molecular weight excluding hydrogens is 536 g/mol. The summed E-state index contributed by atoms with van der Waals surface area (Å²) in [4.78, 5) is 52.7. The van der Waals surface area contributed by atoms with E-state index in [1.165, 1.54) is 41.3 Å². The van der Waals surface area contributed by atoms with Gasteiger partial charge in [0.05, 0.1) is 21.9 Å². The highest BCUT2D eigenvalue weighted by molar-refractivity contribution is 7.89. The molecular formula is C25H25ClN4O7S. The third kappa shape index (κ3) is 5.77. The van der Waals surface area contributed by atoms with Crippen LogP contribution in [0.1, 0.15) is 48.9 Å². The normalized spacial score (nSPS) is 17.9. The van der Waals surface area contributed by atoms with Crippen molar-refractivity contribution < 1.29 is 27.7 Å². The van der Waals surface area contributed by atoms with Crippen LogP contribution in [0.25, 0.3) is 0 Å². The summed E-state index contributed by atoms with van der Waals surface area (Å²) in [5.74, 6) is -1.87. The fraction of sp³-hybridized carbons (Fsp3) is 0.320. The van der Waals surface area contributed by atoms with E-state index in [-0.39, 0.29) is 34.1 Å². The smallest absolute Gasteiger partial charge is 0.288 e. The van der Waals surface area contributed by atoms with Crippen LogP contribution in [0.15, 0.2) is 59.0 Å². The molecule has 0 aromatic heterocycles. The highest BCUT2D eigenvalue weighted by Crippen LogP contribution is 2.31. The number of imide groups is 1. The van der Waals surface area contributed by atoms with Crippen LogP contribution in [0.5, 0.6) is 0 Å². The zero-order valence-electron chi connectivity index (χ0n) is 20.2. The summed E-state index contributed by atoms with van der Waals surface area (Å²) in [6.07, 6.45) is 6.20. The number of halogens is 1. The number of nitrogens with two attached hydrogens (primary N) is 1. The number of hydrogen-bond acceptors (Lipinski definition) is 7. The molecule has 1 aliphatic carbocycles. The number of primary sulfonamides is 1. The van der Waals surface area contributed by atoms with E-state index in [1.54, 1.807) is 0 Å². The first-order valence-electron chi connectivity index (χ1n) is 11.9. The quantitative estimate of drug-likeness (QED) is 0.223. The summed E-state index contributed by atoms with van der Waals surface area (Å²) >= 11 is 5.91. The second-order valence-corrected chi connectivity index (χ2v) is 11.1. The Bertz CT molecular complexity index is 1440. The van der Waals surface area contributed by atoms with Crippen LogP contribution in [0.3, 0.4) is 0 Å². The minimum Gasteiger partial charge on any atom is -0.326 e. The van der Waals surface area contributed by atoms with E-state index in [0.29, 0.717) is 6.42 Å². The molecule has 4 rings (SSSR count). The van der Waals surface area contributed by atoms with Crippen LogP contribution in [-0.4, -0.2) is 48.5 Å². The molecule has 13 heteroatoms. The van der Waals surface area contributed by atoms with Gasteiger partial charge in [-0.05, 0) is 68.5 Å². The van der Waals surface area contributed by atoms with E-state index in [4.69, 9.17) is 16.7 Å². The van der Waals surface area contributed by atoms with Gasteiger partial charge < -0.3 is 4.90 Å². The lowest BCUT2D eigenvalue weighted by molar-refractivity contribution is -0.384. The Labute approximate surface area is 224 Å². The number of nitro groups is 1. The van der Waals surface area contributed by atoms with Crippen molar-refractivity contribution in [3.8, 4) is 0 Å². The third-order valence-electron chi connectivity index (χ3n) is 6.63. The lowest BCUT2D eigenvalue weighted by atomic mass is 9.96. The van der Waals surface area contributed by atoms with Crippen LogP contribution in [0.2, 0.25) is 5.02 Å². The molecule has 1 atom stereocenters. The van der Waals surface area contributed by atoms with Gasteiger partial charge in [0.15, 0.2) is 0 Å². The molecule has 2 aromatic rings. The van der Waals surface area contributed by atoms with Gasteiger partial charge in [0, 0.05) is 18.2 Å². The molecule has 1 unspecified atom stereocenters. The molecule has 3 amide bonds. The van der Waals surface area contributed by atoms with E-state index in [9.17, 15) is 32.9 Å². The Morgan fingerprint density at radius 2 is 1.87 bits per heavy atom. The van der Waals surface area contributed by atoms with Crippen molar-refractivity contribution in [1.82, 2.24) is 4.90 Å². The fourth-order valence-electron chi connectivity index (χ4n) is 4.66. The number of hydrogen-bond donors (Lipinski definition) is 1. The SMILES string of the molecule is NS(=O)(=O)c1ccc(N2C(=O)CC(N(CCC3=CCCCC3)C(=O)c3ccc(Cl)c([N+](=O)[O-])c3)C2=O)cc1. The van der Waals surface area contributed by atoms with E-state index in [2.05, 4.69) is 6.08 Å². The summed E-state index contributed by atoms with van der Waals surface area (Å²) < 4.78 is 23.1. The van der Waals surface area contributed by atoms with Crippen LogP contribution in [0, 0.1) is 10.1 Å². The minimum absolute atomic E-state index is 0.0325. The van der Waals surface area contributed by atoms with Crippen molar-refractivity contribution in [2.75, 3.05) is 11.4 Å². The molecule has 1 saturated heterocycles. The maximum atomic E-state index is 13.6. The molecule has 2 N–H and O–H groups in total. The fourth-order valence-corrected chi connectivity index (χ4v) is 5.36. The zero-order valence-corrected chi connectivity index (χ0v) is 21.8. The van der Waals surface area contributed by atoms with E-state index in [1.807, 2.05) is 0 Å². The molecule has 2 aromatic carbocycles. The summed E-state index contributed by atoms with van der Waals surface area (Å²) in [6, 6.07) is 7.45. The first-order valence-corrected chi connectivity index (χ1v) is 13.8. The van der Waals surface area contributed by atoms with E-state index < -0.39 is 44.4 Å². The molecule has 1 fully saturated rings. The summed E-state index contributed by atoms with van der Waals surface area (Å²) in [6.45, 7) is 0.128.